The van der Waals surface area contributed by atoms with Gasteiger partial charge in [0.1, 0.15) is 4.90 Å². The molecule has 0 aliphatic heterocycles. The Morgan fingerprint density at radius 1 is 1.31 bits per heavy atom. The number of rotatable bonds is 2. The Morgan fingerprint density at radius 2 is 1.92 bits per heavy atom. The SMILES string of the molecule is COS(=O)(=O)c1cc(N)ccc1N. The van der Waals surface area contributed by atoms with Crippen LogP contribution in [0.2, 0.25) is 0 Å². The van der Waals surface area contributed by atoms with Crippen LogP contribution in [-0.2, 0) is 14.3 Å². The van der Waals surface area contributed by atoms with E-state index in [0.717, 1.165) is 7.11 Å². The lowest BCUT2D eigenvalue weighted by molar-refractivity contribution is 0.398. The Labute approximate surface area is 76.4 Å². The Hall–Kier alpha value is -1.27. The molecule has 4 N–H and O–H groups in total. The molecule has 0 amide bonds. The van der Waals surface area contributed by atoms with E-state index in [-0.39, 0.29) is 10.6 Å². The van der Waals surface area contributed by atoms with Crippen LogP contribution < -0.4 is 11.5 Å². The van der Waals surface area contributed by atoms with Gasteiger partial charge in [-0.2, -0.15) is 8.42 Å². The van der Waals surface area contributed by atoms with Crippen LogP contribution in [0.3, 0.4) is 0 Å². The molecule has 0 atom stereocenters. The maximum Gasteiger partial charge on any atom is 0.298 e. The van der Waals surface area contributed by atoms with E-state index in [2.05, 4.69) is 4.18 Å². The van der Waals surface area contributed by atoms with Crippen LogP contribution in [0.15, 0.2) is 23.1 Å². The summed E-state index contributed by atoms with van der Waals surface area (Å²) in [4.78, 5) is -0.102. The molecule has 5 nitrogen and oxygen atoms in total. The van der Waals surface area contributed by atoms with Gasteiger partial charge in [-0.3, -0.25) is 4.18 Å². The van der Waals surface area contributed by atoms with Crippen LogP contribution in [0.4, 0.5) is 11.4 Å². The topological polar surface area (TPSA) is 95.4 Å². The second kappa shape index (κ2) is 3.23. The van der Waals surface area contributed by atoms with Gasteiger partial charge in [-0.15, -0.1) is 0 Å². The van der Waals surface area contributed by atoms with Crippen molar-refractivity contribution in [1.82, 2.24) is 0 Å². The van der Waals surface area contributed by atoms with Crippen LogP contribution in [0.1, 0.15) is 0 Å². The molecule has 13 heavy (non-hydrogen) atoms. The van der Waals surface area contributed by atoms with Crippen molar-refractivity contribution in [1.29, 1.82) is 0 Å². The lowest BCUT2D eigenvalue weighted by Gasteiger charge is -2.05. The highest BCUT2D eigenvalue weighted by Crippen LogP contribution is 2.22. The maximum atomic E-state index is 11.2. The van der Waals surface area contributed by atoms with Gasteiger partial charge >= 0.3 is 0 Å². The normalized spacial score (nSPS) is 11.5. The second-order valence-electron chi connectivity index (χ2n) is 2.42. The minimum absolute atomic E-state index is 0.102. The highest BCUT2D eigenvalue weighted by Gasteiger charge is 2.16. The van der Waals surface area contributed by atoms with E-state index in [9.17, 15) is 8.42 Å². The summed E-state index contributed by atoms with van der Waals surface area (Å²) in [5.41, 5.74) is 11.3. The molecule has 0 aromatic heterocycles. The van der Waals surface area contributed by atoms with Crippen molar-refractivity contribution >= 4 is 21.5 Å². The van der Waals surface area contributed by atoms with E-state index in [4.69, 9.17) is 11.5 Å². The fraction of sp³-hybridized carbons (Fsp3) is 0.143. The summed E-state index contributed by atoms with van der Waals surface area (Å²) in [5, 5.41) is 0. The van der Waals surface area contributed by atoms with Gasteiger partial charge in [0, 0.05) is 5.69 Å². The van der Waals surface area contributed by atoms with E-state index in [0.29, 0.717) is 5.69 Å². The number of hydrogen-bond donors (Lipinski definition) is 2. The molecule has 0 aliphatic rings. The molecule has 1 rings (SSSR count). The molecule has 72 valence electrons. The third kappa shape index (κ3) is 1.90. The molecule has 1 aromatic rings. The van der Waals surface area contributed by atoms with Gasteiger partial charge in [0.15, 0.2) is 0 Å². The van der Waals surface area contributed by atoms with Crippen LogP contribution in [0.25, 0.3) is 0 Å². The third-order valence-electron chi connectivity index (χ3n) is 1.53. The fourth-order valence-corrected chi connectivity index (χ4v) is 1.67. The average Bonchev–Trinajstić information content (AvgIpc) is 2.09. The van der Waals surface area contributed by atoms with E-state index in [1.165, 1.54) is 18.2 Å². The molecular formula is C7H10N2O3S. The Balaban J connectivity index is 3.38. The summed E-state index contributed by atoms with van der Waals surface area (Å²) in [6.07, 6.45) is 0. The molecule has 0 saturated carbocycles. The van der Waals surface area contributed by atoms with Crippen molar-refractivity contribution in [3.8, 4) is 0 Å². The van der Waals surface area contributed by atoms with E-state index in [1.807, 2.05) is 0 Å². The summed E-state index contributed by atoms with van der Waals surface area (Å²) >= 11 is 0. The van der Waals surface area contributed by atoms with Gasteiger partial charge in [-0.05, 0) is 18.2 Å². The van der Waals surface area contributed by atoms with E-state index >= 15 is 0 Å². The first kappa shape index (κ1) is 9.82. The quantitative estimate of drug-likeness (QED) is 0.527. The first-order valence-electron chi connectivity index (χ1n) is 3.43. The van der Waals surface area contributed by atoms with Gasteiger partial charge in [-0.25, -0.2) is 0 Å². The molecular weight excluding hydrogens is 192 g/mol. The predicted molar refractivity (Wildman–Crippen MR) is 49.5 cm³/mol. The summed E-state index contributed by atoms with van der Waals surface area (Å²) in [5.74, 6) is 0. The fourth-order valence-electron chi connectivity index (χ4n) is 0.857. The Morgan fingerprint density at radius 3 is 2.46 bits per heavy atom. The van der Waals surface area contributed by atoms with Gasteiger partial charge in [0.2, 0.25) is 0 Å². The zero-order valence-corrected chi connectivity index (χ0v) is 7.84. The zero-order chi connectivity index (χ0) is 10.1. The second-order valence-corrected chi connectivity index (χ2v) is 4.10. The van der Waals surface area contributed by atoms with Crippen LogP contribution in [0, 0.1) is 0 Å². The number of hydrogen-bond acceptors (Lipinski definition) is 5. The smallest absolute Gasteiger partial charge is 0.298 e. The summed E-state index contributed by atoms with van der Waals surface area (Å²) in [6, 6.07) is 4.19. The van der Waals surface area contributed by atoms with Crippen LogP contribution >= 0.6 is 0 Å². The largest absolute Gasteiger partial charge is 0.399 e. The molecule has 0 fully saturated rings. The maximum absolute atomic E-state index is 11.2. The predicted octanol–water partition coefficient (Wildman–Crippen LogP) is 0.186. The van der Waals surface area contributed by atoms with Crippen molar-refractivity contribution in [2.75, 3.05) is 18.6 Å². The zero-order valence-electron chi connectivity index (χ0n) is 7.02. The number of benzene rings is 1. The lowest BCUT2D eigenvalue weighted by Crippen LogP contribution is -2.07. The van der Waals surface area contributed by atoms with Crippen molar-refractivity contribution in [3.05, 3.63) is 18.2 Å². The number of anilines is 2. The summed E-state index contributed by atoms with van der Waals surface area (Å²) in [6.45, 7) is 0. The number of nitrogens with two attached hydrogens (primary N) is 2. The van der Waals surface area contributed by atoms with Crippen molar-refractivity contribution in [2.24, 2.45) is 0 Å². The van der Waals surface area contributed by atoms with Crippen molar-refractivity contribution in [2.45, 2.75) is 4.90 Å². The van der Waals surface area contributed by atoms with Gasteiger partial charge < -0.3 is 11.5 Å². The standard InChI is InChI=1S/C7H10N2O3S/c1-12-13(10,11)7-4-5(8)2-3-6(7)9/h2-4H,8-9H2,1H3. The Kier molecular flexibility index (Phi) is 2.44. The first-order valence-corrected chi connectivity index (χ1v) is 4.84. The monoisotopic (exact) mass is 202 g/mol. The van der Waals surface area contributed by atoms with Gasteiger partial charge in [-0.1, -0.05) is 0 Å². The van der Waals surface area contributed by atoms with Gasteiger partial charge in [0.25, 0.3) is 10.1 Å². The summed E-state index contributed by atoms with van der Waals surface area (Å²) in [7, 11) is -2.69. The van der Waals surface area contributed by atoms with Crippen LogP contribution in [-0.4, -0.2) is 15.5 Å². The molecule has 6 heteroatoms. The molecule has 0 bridgehead atoms. The molecule has 1 aromatic carbocycles. The molecule has 0 spiro atoms. The molecule has 0 aliphatic carbocycles. The molecule has 0 saturated heterocycles. The van der Waals surface area contributed by atoms with Crippen molar-refractivity contribution < 1.29 is 12.6 Å². The average molecular weight is 202 g/mol. The Bertz CT molecular complexity index is 414. The minimum atomic E-state index is -3.76. The number of nitrogen functional groups attached to an aromatic ring is 2. The highest BCUT2D eigenvalue weighted by atomic mass is 32.2. The van der Waals surface area contributed by atoms with E-state index in [1.54, 1.807) is 0 Å². The highest BCUT2D eigenvalue weighted by molar-refractivity contribution is 7.87. The van der Waals surface area contributed by atoms with E-state index < -0.39 is 10.1 Å². The van der Waals surface area contributed by atoms with Crippen LogP contribution in [0.5, 0.6) is 0 Å². The first-order chi connectivity index (χ1) is 5.97. The van der Waals surface area contributed by atoms with Gasteiger partial charge in [0.05, 0.1) is 12.8 Å². The third-order valence-corrected chi connectivity index (χ3v) is 2.86. The molecule has 0 unspecified atom stereocenters. The lowest BCUT2D eigenvalue weighted by atomic mass is 10.3. The minimum Gasteiger partial charge on any atom is -0.399 e. The molecule has 0 heterocycles. The van der Waals surface area contributed by atoms with Crippen molar-refractivity contribution in [3.63, 3.8) is 0 Å². The molecule has 0 radical (unpaired) electrons. The summed E-state index contributed by atoms with van der Waals surface area (Å²) < 4.78 is 26.7.